The van der Waals surface area contributed by atoms with Crippen LogP contribution in [0.1, 0.15) is 49.6 Å². The number of imidazole rings is 1. The summed E-state index contributed by atoms with van der Waals surface area (Å²) < 4.78 is 2.23. The first-order valence-electron chi connectivity index (χ1n) is 13.8. The van der Waals surface area contributed by atoms with E-state index >= 15 is 0 Å². The third-order valence-electron chi connectivity index (χ3n) is 8.06. The van der Waals surface area contributed by atoms with Crippen LogP contribution in [0.5, 0.6) is 0 Å². The van der Waals surface area contributed by atoms with Crippen LogP contribution in [0.2, 0.25) is 0 Å². The van der Waals surface area contributed by atoms with Crippen LogP contribution in [0.25, 0.3) is 21.8 Å². The highest BCUT2D eigenvalue weighted by molar-refractivity contribution is 6.08. The van der Waals surface area contributed by atoms with Gasteiger partial charge in [-0.05, 0) is 67.6 Å². The lowest BCUT2D eigenvalue weighted by Crippen LogP contribution is -2.46. The van der Waals surface area contributed by atoms with Crippen LogP contribution in [0.3, 0.4) is 0 Å². The van der Waals surface area contributed by atoms with E-state index in [9.17, 15) is 9.90 Å². The summed E-state index contributed by atoms with van der Waals surface area (Å²) >= 11 is 0. The molecule has 0 amide bonds. The Morgan fingerprint density at radius 2 is 1.82 bits per heavy atom. The molecule has 1 aliphatic heterocycles. The molecule has 1 aromatic heterocycles. The summed E-state index contributed by atoms with van der Waals surface area (Å²) in [5.74, 6) is 0.794. The molecule has 0 radical (unpaired) electrons. The minimum Gasteiger partial charge on any atom is -0.481 e. The van der Waals surface area contributed by atoms with Crippen LogP contribution in [0, 0.1) is 17.7 Å². The lowest BCUT2D eigenvalue weighted by Gasteiger charge is -2.40. The summed E-state index contributed by atoms with van der Waals surface area (Å²) in [5.41, 5.74) is 10.7. The summed E-state index contributed by atoms with van der Waals surface area (Å²) in [4.78, 5) is 20.6. The number of piperidine rings is 1. The Bertz CT molecular complexity index is 1580. The maximum atomic E-state index is 11.3. The van der Waals surface area contributed by atoms with E-state index in [1.54, 1.807) is 0 Å². The number of aliphatic carboxylic acids is 1. The third kappa shape index (κ3) is 5.50. The molecule has 1 saturated heterocycles. The SMILES string of the molecule is CC(=N)N1CCC(N(CCCC(=O)O)c2ccc3nc(C)n(Cc4ccc(C(=N)N)c5ccccc45)c3c2)CC1. The maximum Gasteiger partial charge on any atom is 0.303 e. The van der Waals surface area contributed by atoms with E-state index < -0.39 is 5.97 Å². The molecule has 0 aliphatic carbocycles. The number of nitrogens with two attached hydrogens (primary N) is 1. The summed E-state index contributed by atoms with van der Waals surface area (Å²) in [5, 5.41) is 27.3. The van der Waals surface area contributed by atoms with Crippen LogP contribution in [-0.4, -0.2) is 62.9 Å². The number of carbonyl (C=O) groups is 1. The zero-order valence-electron chi connectivity index (χ0n) is 23.2. The first kappa shape index (κ1) is 27.2. The second kappa shape index (κ2) is 11.4. The Morgan fingerprint density at radius 1 is 1.10 bits per heavy atom. The fourth-order valence-electron chi connectivity index (χ4n) is 5.95. The van der Waals surface area contributed by atoms with Crippen LogP contribution in [-0.2, 0) is 11.3 Å². The summed E-state index contributed by atoms with van der Waals surface area (Å²) in [6, 6.07) is 18.7. The molecule has 2 heterocycles. The number of nitrogens with zero attached hydrogens (tertiary/aromatic N) is 4. The van der Waals surface area contributed by atoms with Gasteiger partial charge in [-0.1, -0.05) is 36.4 Å². The van der Waals surface area contributed by atoms with E-state index in [1.807, 2.05) is 44.2 Å². The van der Waals surface area contributed by atoms with Crippen molar-refractivity contribution in [2.45, 2.75) is 52.1 Å². The number of anilines is 1. The molecule has 0 spiro atoms. The lowest BCUT2D eigenvalue weighted by atomic mass is 9.98. The van der Waals surface area contributed by atoms with Crippen molar-refractivity contribution in [2.24, 2.45) is 5.73 Å². The van der Waals surface area contributed by atoms with E-state index in [0.717, 1.165) is 70.4 Å². The van der Waals surface area contributed by atoms with Gasteiger partial charge in [-0.15, -0.1) is 0 Å². The number of aryl methyl sites for hydroxylation is 1. The van der Waals surface area contributed by atoms with Crippen molar-refractivity contribution in [1.29, 1.82) is 10.8 Å². The lowest BCUT2D eigenvalue weighted by molar-refractivity contribution is -0.137. The smallest absolute Gasteiger partial charge is 0.303 e. The van der Waals surface area contributed by atoms with E-state index in [-0.39, 0.29) is 18.3 Å². The van der Waals surface area contributed by atoms with Gasteiger partial charge in [-0.25, -0.2) is 4.98 Å². The number of carboxylic acid groups (broad SMARTS) is 1. The summed E-state index contributed by atoms with van der Waals surface area (Å²) in [6.45, 7) is 6.80. The predicted molar refractivity (Wildman–Crippen MR) is 161 cm³/mol. The van der Waals surface area contributed by atoms with Gasteiger partial charge in [-0.2, -0.15) is 0 Å². The molecular weight excluding hydrogens is 502 g/mol. The first-order chi connectivity index (χ1) is 19.2. The Hall–Kier alpha value is -4.40. The fraction of sp³-hybridized carbons (Fsp3) is 0.355. The van der Waals surface area contributed by atoms with Crippen molar-refractivity contribution in [3.8, 4) is 0 Å². The zero-order chi connectivity index (χ0) is 28.4. The molecule has 5 rings (SSSR count). The van der Waals surface area contributed by atoms with Crippen molar-refractivity contribution in [2.75, 3.05) is 24.5 Å². The number of hydrogen-bond donors (Lipinski definition) is 4. The van der Waals surface area contributed by atoms with Gasteiger partial charge in [0, 0.05) is 49.9 Å². The van der Waals surface area contributed by atoms with Crippen LogP contribution in [0.15, 0.2) is 54.6 Å². The van der Waals surface area contributed by atoms with Gasteiger partial charge < -0.3 is 25.2 Å². The molecule has 208 valence electrons. The van der Waals surface area contributed by atoms with Crippen molar-refractivity contribution in [1.82, 2.24) is 14.5 Å². The quantitative estimate of drug-likeness (QED) is 0.175. The Balaban J connectivity index is 1.50. The van der Waals surface area contributed by atoms with Gasteiger partial charge in [-0.3, -0.25) is 15.6 Å². The standard InChI is InChI=1S/C31H37N7O2/c1-20(32)36-16-13-23(14-17-36)37(15-5-8-30(39)40)24-10-12-28-29(18-24)38(21(2)35-28)19-22-9-11-27(31(33)34)26-7-4-3-6-25(22)26/h3-4,6-7,9-12,18,23,32H,5,8,13-17,19H2,1-2H3,(H3,33,34)(H,39,40). The molecule has 0 unspecified atom stereocenters. The molecule has 40 heavy (non-hydrogen) atoms. The molecular formula is C31H37N7O2. The highest BCUT2D eigenvalue weighted by atomic mass is 16.4. The molecule has 4 aromatic rings. The number of nitrogen functional groups attached to an aromatic ring is 1. The number of aromatic nitrogens is 2. The minimum absolute atomic E-state index is 0.0567. The maximum absolute atomic E-state index is 11.3. The van der Waals surface area contributed by atoms with Crippen LogP contribution in [0.4, 0.5) is 5.69 Å². The number of fused-ring (bicyclic) bond motifs is 2. The summed E-state index contributed by atoms with van der Waals surface area (Å²) in [6.07, 6.45) is 2.56. The van der Waals surface area contributed by atoms with Crippen LogP contribution < -0.4 is 10.6 Å². The second-order valence-electron chi connectivity index (χ2n) is 10.6. The zero-order valence-corrected chi connectivity index (χ0v) is 23.2. The number of amidine groups is 2. The van der Waals surface area contributed by atoms with Gasteiger partial charge in [0.2, 0.25) is 0 Å². The van der Waals surface area contributed by atoms with Gasteiger partial charge in [0.05, 0.1) is 16.9 Å². The fourth-order valence-corrected chi connectivity index (χ4v) is 5.95. The molecule has 1 aliphatic rings. The molecule has 9 heteroatoms. The molecule has 9 nitrogen and oxygen atoms in total. The minimum atomic E-state index is -0.777. The Morgan fingerprint density at radius 3 is 2.50 bits per heavy atom. The number of rotatable bonds is 9. The predicted octanol–water partition coefficient (Wildman–Crippen LogP) is 4.96. The topological polar surface area (TPSA) is 135 Å². The molecule has 5 N–H and O–H groups in total. The third-order valence-corrected chi connectivity index (χ3v) is 8.06. The molecule has 0 saturated carbocycles. The van der Waals surface area contributed by atoms with E-state index in [4.69, 9.17) is 21.5 Å². The van der Waals surface area contributed by atoms with Crippen molar-refractivity contribution in [3.63, 3.8) is 0 Å². The molecule has 3 aromatic carbocycles. The van der Waals surface area contributed by atoms with Crippen molar-refractivity contribution in [3.05, 3.63) is 71.5 Å². The monoisotopic (exact) mass is 539 g/mol. The van der Waals surface area contributed by atoms with Crippen molar-refractivity contribution < 1.29 is 9.90 Å². The Labute approximate surface area is 234 Å². The molecule has 0 atom stereocenters. The average molecular weight is 540 g/mol. The molecule has 0 bridgehead atoms. The number of nitrogens with one attached hydrogen (secondary N) is 2. The van der Waals surface area contributed by atoms with Gasteiger partial charge in [0.25, 0.3) is 0 Å². The van der Waals surface area contributed by atoms with E-state index in [1.165, 1.54) is 0 Å². The number of benzene rings is 3. The molecule has 1 fully saturated rings. The normalized spacial score (nSPS) is 14.1. The largest absolute Gasteiger partial charge is 0.481 e. The highest BCUT2D eigenvalue weighted by Crippen LogP contribution is 2.30. The van der Waals surface area contributed by atoms with E-state index in [0.29, 0.717) is 25.3 Å². The average Bonchev–Trinajstić information content (AvgIpc) is 3.25. The number of hydrogen-bond acceptors (Lipinski definition) is 5. The van der Waals surface area contributed by atoms with E-state index in [2.05, 4.69) is 38.6 Å². The van der Waals surface area contributed by atoms with Crippen LogP contribution >= 0.6 is 0 Å². The van der Waals surface area contributed by atoms with Gasteiger partial charge >= 0.3 is 5.97 Å². The number of carboxylic acids is 1. The highest BCUT2D eigenvalue weighted by Gasteiger charge is 2.26. The summed E-state index contributed by atoms with van der Waals surface area (Å²) in [7, 11) is 0. The second-order valence-corrected chi connectivity index (χ2v) is 10.6. The van der Waals surface area contributed by atoms with Gasteiger partial charge in [0.1, 0.15) is 11.7 Å². The number of likely N-dealkylation sites (tertiary alicyclic amines) is 1. The van der Waals surface area contributed by atoms with Crippen molar-refractivity contribution >= 4 is 45.1 Å². The Kier molecular flexibility index (Phi) is 7.73. The first-order valence-corrected chi connectivity index (χ1v) is 13.8. The van der Waals surface area contributed by atoms with Gasteiger partial charge in [0.15, 0.2) is 0 Å².